The standard InChI is InChI=1S/C29H26N2O3S/c1-29(2,3)20-11-12-21-23(16-30)27(35-25(21)15-20)31-26(32)19-9-6-8-17(13-19)22-14-18-7-4-5-10-24(18)34-28(22)33/h4-10,13-14,20H,11-12,15H2,1-3H3,(H,31,32)/t20-/m0/s1. The fourth-order valence-electron chi connectivity index (χ4n) is 4.80. The van der Waals surface area contributed by atoms with Gasteiger partial charge in [0, 0.05) is 15.8 Å². The minimum atomic E-state index is -0.452. The number of nitriles is 1. The molecule has 1 atom stereocenters. The minimum Gasteiger partial charge on any atom is -0.422 e. The topological polar surface area (TPSA) is 83.1 Å². The summed E-state index contributed by atoms with van der Waals surface area (Å²) in [6.07, 6.45) is 2.84. The van der Waals surface area contributed by atoms with Crippen LogP contribution in [0.15, 0.2) is 63.8 Å². The van der Waals surface area contributed by atoms with Crippen molar-refractivity contribution >= 4 is 33.2 Å². The first-order valence-electron chi connectivity index (χ1n) is 11.7. The second-order valence-corrected chi connectivity index (χ2v) is 11.3. The molecule has 1 aliphatic rings. The molecule has 1 N–H and O–H groups in total. The normalized spacial score (nSPS) is 15.4. The Morgan fingerprint density at radius 1 is 1.14 bits per heavy atom. The average Bonchev–Trinajstić information content (AvgIpc) is 3.19. The van der Waals surface area contributed by atoms with Crippen LogP contribution < -0.4 is 10.9 Å². The van der Waals surface area contributed by atoms with Gasteiger partial charge in [0.1, 0.15) is 16.7 Å². The van der Waals surface area contributed by atoms with Crippen molar-refractivity contribution in [2.75, 3.05) is 5.32 Å². The summed E-state index contributed by atoms with van der Waals surface area (Å²) >= 11 is 1.51. The van der Waals surface area contributed by atoms with Crippen molar-refractivity contribution in [2.45, 2.75) is 40.0 Å². The molecule has 4 aromatic rings. The molecule has 0 saturated heterocycles. The highest BCUT2D eigenvalue weighted by Crippen LogP contribution is 2.44. The first-order chi connectivity index (χ1) is 16.7. The van der Waals surface area contributed by atoms with Crippen molar-refractivity contribution in [3.8, 4) is 17.2 Å². The molecule has 2 aromatic heterocycles. The van der Waals surface area contributed by atoms with Gasteiger partial charge >= 0.3 is 5.63 Å². The Balaban J connectivity index is 1.44. The van der Waals surface area contributed by atoms with Crippen LogP contribution in [0.3, 0.4) is 0 Å². The first-order valence-corrected chi connectivity index (χ1v) is 12.6. The highest BCUT2D eigenvalue weighted by atomic mass is 32.1. The summed E-state index contributed by atoms with van der Waals surface area (Å²) in [5.41, 5.74) is 3.35. The number of amides is 1. The van der Waals surface area contributed by atoms with Gasteiger partial charge in [0.25, 0.3) is 5.91 Å². The van der Waals surface area contributed by atoms with Gasteiger partial charge < -0.3 is 9.73 Å². The molecule has 0 bridgehead atoms. The van der Waals surface area contributed by atoms with Gasteiger partial charge in [-0.3, -0.25) is 4.79 Å². The fraction of sp³-hybridized carbons (Fsp3) is 0.276. The average molecular weight is 483 g/mol. The molecule has 0 saturated carbocycles. The Morgan fingerprint density at radius 3 is 2.71 bits per heavy atom. The number of nitrogens with one attached hydrogen (secondary N) is 1. The third-order valence-corrected chi connectivity index (χ3v) is 8.08. The van der Waals surface area contributed by atoms with Crippen molar-refractivity contribution in [2.24, 2.45) is 11.3 Å². The number of thiophene rings is 1. The molecular formula is C29H26N2O3S. The molecule has 1 aliphatic carbocycles. The van der Waals surface area contributed by atoms with Crippen LogP contribution >= 0.6 is 11.3 Å². The van der Waals surface area contributed by atoms with E-state index in [0.717, 1.165) is 30.2 Å². The van der Waals surface area contributed by atoms with Crippen LogP contribution in [0.4, 0.5) is 5.00 Å². The molecule has 2 heterocycles. The van der Waals surface area contributed by atoms with Gasteiger partial charge in [-0.05, 0) is 66.0 Å². The van der Waals surface area contributed by atoms with Gasteiger partial charge in [-0.15, -0.1) is 11.3 Å². The van der Waals surface area contributed by atoms with Gasteiger partial charge in [0.2, 0.25) is 0 Å². The zero-order valence-electron chi connectivity index (χ0n) is 20.0. The van der Waals surface area contributed by atoms with E-state index in [4.69, 9.17) is 4.42 Å². The van der Waals surface area contributed by atoms with E-state index in [1.165, 1.54) is 16.2 Å². The number of carbonyl (C=O) groups excluding carboxylic acids is 1. The second-order valence-electron chi connectivity index (χ2n) is 10.1. The molecule has 5 rings (SSSR count). The third kappa shape index (κ3) is 4.40. The van der Waals surface area contributed by atoms with E-state index in [2.05, 4.69) is 32.2 Å². The zero-order valence-corrected chi connectivity index (χ0v) is 20.8. The number of hydrogen-bond acceptors (Lipinski definition) is 5. The fourth-order valence-corrected chi connectivity index (χ4v) is 6.07. The smallest absolute Gasteiger partial charge is 0.344 e. The van der Waals surface area contributed by atoms with Gasteiger partial charge in [-0.2, -0.15) is 5.26 Å². The van der Waals surface area contributed by atoms with Gasteiger partial charge in [0.05, 0.1) is 11.1 Å². The maximum Gasteiger partial charge on any atom is 0.344 e. The summed E-state index contributed by atoms with van der Waals surface area (Å²) < 4.78 is 5.46. The molecule has 176 valence electrons. The summed E-state index contributed by atoms with van der Waals surface area (Å²) in [4.78, 5) is 27.0. The molecule has 5 nitrogen and oxygen atoms in total. The SMILES string of the molecule is CC(C)(C)[C@H]1CCc2c(sc(NC(=O)c3cccc(-c4cc5ccccc5oc4=O)c3)c2C#N)C1. The lowest BCUT2D eigenvalue weighted by Crippen LogP contribution is -2.26. The van der Waals surface area contributed by atoms with E-state index in [-0.39, 0.29) is 11.3 Å². The van der Waals surface area contributed by atoms with E-state index >= 15 is 0 Å². The van der Waals surface area contributed by atoms with Crippen LogP contribution in [0.2, 0.25) is 0 Å². The maximum absolute atomic E-state index is 13.2. The summed E-state index contributed by atoms with van der Waals surface area (Å²) in [6, 6.07) is 18.4. The van der Waals surface area contributed by atoms with Crippen LogP contribution in [0, 0.1) is 22.7 Å². The van der Waals surface area contributed by atoms with Crippen molar-refractivity contribution in [3.05, 3.63) is 86.6 Å². The van der Waals surface area contributed by atoms with Crippen molar-refractivity contribution < 1.29 is 9.21 Å². The Morgan fingerprint density at radius 2 is 1.94 bits per heavy atom. The lowest BCUT2D eigenvalue weighted by atomic mass is 9.72. The lowest BCUT2D eigenvalue weighted by Gasteiger charge is -2.33. The van der Waals surface area contributed by atoms with E-state index < -0.39 is 5.63 Å². The monoisotopic (exact) mass is 482 g/mol. The zero-order chi connectivity index (χ0) is 24.7. The van der Waals surface area contributed by atoms with E-state index in [0.29, 0.717) is 38.8 Å². The Hall–Kier alpha value is -3.69. The van der Waals surface area contributed by atoms with Crippen molar-refractivity contribution in [1.29, 1.82) is 5.26 Å². The Bertz CT molecular complexity index is 1550. The maximum atomic E-state index is 13.2. The van der Waals surface area contributed by atoms with Crippen LogP contribution in [-0.2, 0) is 12.8 Å². The number of nitrogens with zero attached hydrogens (tertiary/aromatic N) is 1. The number of rotatable bonds is 3. The predicted octanol–water partition coefficient (Wildman–Crippen LogP) is 6.80. The second kappa shape index (κ2) is 8.83. The summed E-state index contributed by atoms with van der Waals surface area (Å²) in [5, 5.41) is 14.2. The van der Waals surface area contributed by atoms with Crippen LogP contribution in [0.5, 0.6) is 0 Å². The van der Waals surface area contributed by atoms with E-state index in [1.54, 1.807) is 36.4 Å². The quantitative estimate of drug-likeness (QED) is 0.326. The first kappa shape index (κ1) is 23.1. The number of para-hydroxylation sites is 1. The molecule has 0 unspecified atom stereocenters. The number of fused-ring (bicyclic) bond motifs is 2. The molecule has 6 heteroatoms. The molecule has 0 aliphatic heterocycles. The Labute approximate surface area is 208 Å². The van der Waals surface area contributed by atoms with E-state index in [9.17, 15) is 14.9 Å². The van der Waals surface area contributed by atoms with E-state index in [1.807, 2.05) is 18.2 Å². The number of benzene rings is 2. The number of anilines is 1. The van der Waals surface area contributed by atoms with Crippen LogP contribution in [-0.4, -0.2) is 5.91 Å². The van der Waals surface area contributed by atoms with Gasteiger partial charge in [-0.1, -0.05) is 51.1 Å². The molecule has 2 aromatic carbocycles. The summed E-state index contributed by atoms with van der Waals surface area (Å²) in [7, 11) is 0. The molecule has 35 heavy (non-hydrogen) atoms. The van der Waals surface area contributed by atoms with Crippen molar-refractivity contribution in [1.82, 2.24) is 0 Å². The molecular weight excluding hydrogens is 456 g/mol. The van der Waals surface area contributed by atoms with Crippen LogP contribution in [0.25, 0.3) is 22.1 Å². The Kier molecular flexibility index (Phi) is 5.82. The molecule has 0 spiro atoms. The summed E-state index contributed by atoms with van der Waals surface area (Å²) in [5.74, 6) is 0.244. The largest absolute Gasteiger partial charge is 0.422 e. The lowest BCUT2D eigenvalue weighted by molar-refractivity contribution is 0.102. The van der Waals surface area contributed by atoms with Crippen molar-refractivity contribution in [3.63, 3.8) is 0 Å². The molecule has 0 fully saturated rings. The van der Waals surface area contributed by atoms with Gasteiger partial charge in [-0.25, -0.2) is 4.79 Å². The highest BCUT2D eigenvalue weighted by Gasteiger charge is 2.32. The third-order valence-electron chi connectivity index (χ3n) is 6.91. The van der Waals surface area contributed by atoms with Crippen LogP contribution in [0.1, 0.15) is 53.6 Å². The highest BCUT2D eigenvalue weighted by molar-refractivity contribution is 7.16. The number of hydrogen-bond donors (Lipinski definition) is 1. The minimum absolute atomic E-state index is 0.202. The van der Waals surface area contributed by atoms with Gasteiger partial charge in [0.15, 0.2) is 0 Å². The predicted molar refractivity (Wildman–Crippen MR) is 140 cm³/mol. The molecule has 0 radical (unpaired) electrons. The number of carbonyl (C=O) groups is 1. The molecule has 1 amide bonds. The summed E-state index contributed by atoms with van der Waals surface area (Å²) in [6.45, 7) is 6.77.